The third-order valence-electron chi connectivity index (χ3n) is 5.40. The summed E-state index contributed by atoms with van der Waals surface area (Å²) in [5, 5.41) is 9.67. The molecule has 1 aliphatic carbocycles. The van der Waals surface area contributed by atoms with Crippen molar-refractivity contribution in [3.8, 4) is 0 Å². The Bertz CT molecular complexity index is 658. The van der Waals surface area contributed by atoms with Crippen LogP contribution in [0.15, 0.2) is 24.3 Å². The van der Waals surface area contributed by atoms with Gasteiger partial charge in [0.15, 0.2) is 0 Å². The zero-order chi connectivity index (χ0) is 14.4. The lowest BCUT2D eigenvalue weighted by Crippen LogP contribution is -2.60. The van der Waals surface area contributed by atoms with E-state index in [1.807, 2.05) is 11.7 Å². The van der Waals surface area contributed by atoms with Gasteiger partial charge in [-0.15, -0.1) is 0 Å². The quantitative estimate of drug-likeness (QED) is 0.937. The van der Waals surface area contributed by atoms with E-state index in [-0.39, 0.29) is 0 Å². The molecular weight excluding hydrogens is 260 g/mol. The van der Waals surface area contributed by atoms with Crippen LogP contribution in [-0.4, -0.2) is 39.9 Å². The molecule has 2 heterocycles. The van der Waals surface area contributed by atoms with Gasteiger partial charge in [-0.3, -0.25) is 9.58 Å². The Labute approximate surface area is 126 Å². The zero-order valence-corrected chi connectivity index (χ0v) is 13.0. The van der Waals surface area contributed by atoms with Gasteiger partial charge in [0.05, 0.1) is 11.2 Å². The zero-order valence-electron chi connectivity index (χ0n) is 13.0. The molecule has 0 radical (unpaired) electrons. The van der Waals surface area contributed by atoms with Gasteiger partial charge in [-0.05, 0) is 31.7 Å². The first-order chi connectivity index (χ1) is 10.2. The number of piperazine rings is 1. The van der Waals surface area contributed by atoms with Crippen LogP contribution in [0.1, 0.15) is 25.5 Å². The van der Waals surface area contributed by atoms with Crippen molar-refractivity contribution in [3.05, 3.63) is 30.0 Å². The molecule has 1 N–H and O–H groups in total. The standard InChI is InChI=1S/C17H24N4/c1-17(13-7-8-13)12-18-9-10-21(17)11-15-14-5-3-4-6-16(14)20(2)19-15/h3-6,13,18H,7-12H2,1-2H3. The Balaban J connectivity index is 1.67. The summed E-state index contributed by atoms with van der Waals surface area (Å²) in [5.41, 5.74) is 2.76. The van der Waals surface area contributed by atoms with Gasteiger partial charge in [-0.2, -0.15) is 5.10 Å². The molecule has 21 heavy (non-hydrogen) atoms. The highest BCUT2D eigenvalue weighted by Gasteiger charge is 2.46. The molecular formula is C17H24N4. The van der Waals surface area contributed by atoms with Crippen molar-refractivity contribution in [1.29, 1.82) is 0 Å². The van der Waals surface area contributed by atoms with E-state index in [1.165, 1.54) is 29.4 Å². The van der Waals surface area contributed by atoms with Crippen molar-refractivity contribution in [2.45, 2.75) is 31.8 Å². The third-order valence-corrected chi connectivity index (χ3v) is 5.40. The second kappa shape index (κ2) is 4.82. The average molecular weight is 284 g/mol. The normalized spacial score (nSPS) is 27.3. The number of nitrogens with zero attached hydrogens (tertiary/aromatic N) is 3. The van der Waals surface area contributed by atoms with Gasteiger partial charge < -0.3 is 5.32 Å². The van der Waals surface area contributed by atoms with Gasteiger partial charge in [0, 0.05) is 44.2 Å². The number of rotatable bonds is 3. The molecule has 0 amide bonds. The van der Waals surface area contributed by atoms with Gasteiger partial charge in [-0.1, -0.05) is 18.2 Å². The summed E-state index contributed by atoms with van der Waals surface area (Å²) in [6, 6.07) is 8.57. The Morgan fingerprint density at radius 1 is 1.33 bits per heavy atom. The second-order valence-electron chi connectivity index (χ2n) is 6.82. The average Bonchev–Trinajstić information content (AvgIpc) is 3.30. The molecule has 0 bridgehead atoms. The van der Waals surface area contributed by atoms with Gasteiger partial charge in [0.25, 0.3) is 0 Å². The first-order valence-electron chi connectivity index (χ1n) is 8.05. The summed E-state index contributed by atoms with van der Waals surface area (Å²) in [7, 11) is 2.05. The lowest BCUT2D eigenvalue weighted by Gasteiger charge is -2.45. The van der Waals surface area contributed by atoms with E-state index in [1.54, 1.807) is 0 Å². The lowest BCUT2D eigenvalue weighted by atomic mass is 9.91. The monoisotopic (exact) mass is 284 g/mol. The predicted octanol–water partition coefficient (Wildman–Crippen LogP) is 2.15. The lowest BCUT2D eigenvalue weighted by molar-refractivity contribution is 0.0475. The number of para-hydroxylation sites is 1. The molecule has 1 saturated carbocycles. The number of aromatic nitrogens is 2. The van der Waals surface area contributed by atoms with Crippen LogP contribution in [0.5, 0.6) is 0 Å². The molecule has 1 aromatic carbocycles. The molecule has 4 rings (SSSR count). The Morgan fingerprint density at radius 3 is 2.95 bits per heavy atom. The van der Waals surface area contributed by atoms with Gasteiger partial charge in [-0.25, -0.2) is 0 Å². The molecule has 1 atom stereocenters. The summed E-state index contributed by atoms with van der Waals surface area (Å²) in [6.45, 7) is 6.73. The van der Waals surface area contributed by atoms with Crippen LogP contribution in [0.2, 0.25) is 0 Å². The van der Waals surface area contributed by atoms with Crippen molar-refractivity contribution in [1.82, 2.24) is 20.0 Å². The molecule has 1 aromatic heterocycles. The molecule has 0 spiro atoms. The smallest absolute Gasteiger partial charge is 0.0843 e. The highest BCUT2D eigenvalue weighted by Crippen LogP contribution is 2.44. The second-order valence-corrected chi connectivity index (χ2v) is 6.82. The molecule has 4 heteroatoms. The van der Waals surface area contributed by atoms with Crippen molar-refractivity contribution < 1.29 is 0 Å². The molecule has 1 saturated heterocycles. The fraction of sp³-hybridized carbons (Fsp3) is 0.588. The number of hydrogen-bond donors (Lipinski definition) is 1. The van der Waals surface area contributed by atoms with E-state index in [9.17, 15) is 0 Å². The van der Waals surface area contributed by atoms with E-state index in [2.05, 4.69) is 41.4 Å². The highest BCUT2D eigenvalue weighted by molar-refractivity contribution is 5.81. The molecule has 2 aromatic rings. The van der Waals surface area contributed by atoms with Gasteiger partial charge >= 0.3 is 0 Å². The number of fused-ring (bicyclic) bond motifs is 1. The number of aryl methyl sites for hydroxylation is 1. The first-order valence-corrected chi connectivity index (χ1v) is 8.05. The third kappa shape index (κ3) is 2.17. The van der Waals surface area contributed by atoms with Crippen molar-refractivity contribution in [2.75, 3.05) is 19.6 Å². The molecule has 1 unspecified atom stereocenters. The fourth-order valence-corrected chi connectivity index (χ4v) is 3.88. The van der Waals surface area contributed by atoms with Crippen LogP contribution in [0.25, 0.3) is 10.9 Å². The predicted molar refractivity (Wildman–Crippen MR) is 85.1 cm³/mol. The van der Waals surface area contributed by atoms with E-state index < -0.39 is 0 Å². The molecule has 1 aliphatic heterocycles. The van der Waals surface area contributed by atoms with Gasteiger partial charge in [0.2, 0.25) is 0 Å². The van der Waals surface area contributed by atoms with Crippen LogP contribution in [0.3, 0.4) is 0 Å². The van der Waals surface area contributed by atoms with Crippen LogP contribution in [0, 0.1) is 5.92 Å². The fourth-order valence-electron chi connectivity index (χ4n) is 3.88. The van der Waals surface area contributed by atoms with E-state index in [4.69, 9.17) is 5.10 Å². The van der Waals surface area contributed by atoms with Gasteiger partial charge in [0.1, 0.15) is 0 Å². The van der Waals surface area contributed by atoms with Crippen LogP contribution < -0.4 is 5.32 Å². The topological polar surface area (TPSA) is 33.1 Å². The maximum atomic E-state index is 4.78. The summed E-state index contributed by atoms with van der Waals surface area (Å²) in [5.74, 6) is 0.861. The van der Waals surface area contributed by atoms with Crippen molar-refractivity contribution in [2.24, 2.45) is 13.0 Å². The minimum absolute atomic E-state index is 0.302. The number of benzene rings is 1. The highest BCUT2D eigenvalue weighted by atomic mass is 15.3. The maximum Gasteiger partial charge on any atom is 0.0843 e. The molecule has 4 nitrogen and oxygen atoms in total. The Morgan fingerprint density at radius 2 is 2.14 bits per heavy atom. The number of nitrogens with one attached hydrogen (secondary N) is 1. The summed E-state index contributed by atoms with van der Waals surface area (Å²) < 4.78 is 2.02. The largest absolute Gasteiger partial charge is 0.314 e. The first kappa shape index (κ1) is 13.3. The van der Waals surface area contributed by atoms with Crippen LogP contribution in [0.4, 0.5) is 0 Å². The number of hydrogen-bond acceptors (Lipinski definition) is 3. The van der Waals surface area contributed by atoms with E-state index >= 15 is 0 Å². The molecule has 2 aliphatic rings. The summed E-state index contributed by atoms with van der Waals surface area (Å²) >= 11 is 0. The summed E-state index contributed by atoms with van der Waals surface area (Å²) in [4.78, 5) is 2.66. The van der Waals surface area contributed by atoms with E-state index in [0.29, 0.717) is 5.54 Å². The Hall–Kier alpha value is -1.39. The minimum Gasteiger partial charge on any atom is -0.314 e. The van der Waals surface area contributed by atoms with E-state index in [0.717, 1.165) is 32.1 Å². The van der Waals surface area contributed by atoms with Crippen LogP contribution >= 0.6 is 0 Å². The maximum absolute atomic E-state index is 4.78. The van der Waals surface area contributed by atoms with Crippen molar-refractivity contribution in [3.63, 3.8) is 0 Å². The SMILES string of the molecule is Cn1nc(CN2CCNCC2(C)C2CC2)c2ccccc21. The minimum atomic E-state index is 0.302. The summed E-state index contributed by atoms with van der Waals surface area (Å²) in [6.07, 6.45) is 2.77. The Kier molecular flexibility index (Phi) is 3.05. The molecule has 112 valence electrons. The molecule has 2 fully saturated rings. The van der Waals surface area contributed by atoms with Crippen LogP contribution in [-0.2, 0) is 13.6 Å². The van der Waals surface area contributed by atoms with Crippen molar-refractivity contribution >= 4 is 10.9 Å².